The van der Waals surface area contributed by atoms with Crippen molar-refractivity contribution in [1.29, 1.82) is 0 Å². The molecule has 382 valence electrons. The lowest BCUT2D eigenvalue weighted by Gasteiger charge is -2.50. The van der Waals surface area contributed by atoms with Crippen molar-refractivity contribution in [2.45, 2.75) is 167 Å². The fraction of sp³-hybridized carbons (Fsp3) is 0.917. The first-order chi connectivity index (χ1) is 31.2. The molecule has 5 aliphatic rings. The summed E-state index contributed by atoms with van der Waals surface area (Å²) >= 11 is 2.98. The quantitative estimate of drug-likeness (QED) is 0.0602. The highest BCUT2D eigenvalue weighted by molar-refractivity contribution is 9.09. The highest BCUT2D eigenvalue weighted by Gasteiger charge is 2.56. The summed E-state index contributed by atoms with van der Waals surface area (Å²) in [6.45, 7) is -2.31. The number of nitrogens with one attached hydrogen (secondary N) is 3. The van der Waals surface area contributed by atoms with Gasteiger partial charge in [-0.15, -0.1) is 0 Å². The lowest BCUT2D eigenvalue weighted by atomic mass is 9.93. The Morgan fingerprint density at radius 1 is 0.455 bits per heavy atom. The van der Waals surface area contributed by atoms with E-state index in [9.17, 15) is 85.9 Å². The zero-order valence-corrected chi connectivity index (χ0v) is 36.8. The van der Waals surface area contributed by atoms with Crippen LogP contribution in [0.3, 0.4) is 0 Å². The van der Waals surface area contributed by atoms with Crippen LogP contribution in [0.1, 0.15) is 13.8 Å². The lowest BCUT2D eigenvalue weighted by molar-refractivity contribution is -0.383. The van der Waals surface area contributed by atoms with Crippen molar-refractivity contribution in [2.75, 3.05) is 38.4 Å². The Morgan fingerprint density at radius 3 is 1.41 bits per heavy atom. The fourth-order valence-corrected chi connectivity index (χ4v) is 8.24. The highest BCUT2D eigenvalue weighted by atomic mass is 79.9. The molecule has 30 heteroatoms. The maximum atomic E-state index is 12.6. The van der Waals surface area contributed by atoms with Crippen LogP contribution in [0, 0.1) is 0 Å². The van der Waals surface area contributed by atoms with E-state index >= 15 is 0 Å². The number of ether oxygens (including phenoxy) is 9. The largest absolute Gasteiger partial charge is 0.394 e. The van der Waals surface area contributed by atoms with Crippen LogP contribution in [0.15, 0.2) is 0 Å². The molecule has 5 heterocycles. The summed E-state index contributed by atoms with van der Waals surface area (Å²) in [6.07, 6.45) is -42.0. The van der Waals surface area contributed by atoms with E-state index < -0.39 is 204 Å². The van der Waals surface area contributed by atoms with Crippen LogP contribution in [0.5, 0.6) is 0 Å². The Bertz CT molecular complexity index is 1580. The number of aliphatic hydroxyl groups excluding tert-OH is 14. The van der Waals surface area contributed by atoms with Crippen LogP contribution in [-0.2, 0) is 57.0 Å². The van der Waals surface area contributed by atoms with Crippen LogP contribution in [0.4, 0.5) is 0 Å². The van der Waals surface area contributed by atoms with Crippen molar-refractivity contribution in [3.05, 3.63) is 0 Å². The smallest absolute Gasteiger partial charge is 0.232 e. The zero-order valence-electron chi connectivity index (χ0n) is 35.2. The average molecular weight is 1030 g/mol. The average Bonchev–Trinajstić information content (AvgIpc) is 3.28. The molecular formula is C36H60BrN3O26. The fourth-order valence-electron chi connectivity index (χ4n) is 8.08. The Morgan fingerprint density at radius 2 is 0.879 bits per heavy atom. The normalized spacial score (nSPS) is 46.6. The number of aliphatic hydroxyl groups is 14. The Balaban J connectivity index is 1.42. The molecule has 5 aliphatic heterocycles. The van der Waals surface area contributed by atoms with E-state index in [-0.39, 0.29) is 5.33 Å². The van der Waals surface area contributed by atoms with Crippen LogP contribution < -0.4 is 16.0 Å². The third kappa shape index (κ3) is 12.3. The maximum absolute atomic E-state index is 12.6. The van der Waals surface area contributed by atoms with Crippen LogP contribution in [0.2, 0.25) is 0 Å². The van der Waals surface area contributed by atoms with Gasteiger partial charge in [-0.05, 0) is 0 Å². The van der Waals surface area contributed by atoms with Crippen LogP contribution in [-0.4, -0.2) is 281 Å². The van der Waals surface area contributed by atoms with Gasteiger partial charge in [0.15, 0.2) is 31.4 Å². The number of carbonyl (C=O) groups is 3. The number of halogens is 1. The van der Waals surface area contributed by atoms with Gasteiger partial charge in [0.25, 0.3) is 0 Å². The van der Waals surface area contributed by atoms with E-state index in [0.717, 1.165) is 13.8 Å². The highest BCUT2D eigenvalue weighted by Crippen LogP contribution is 2.35. The second-order valence-corrected chi connectivity index (χ2v) is 16.8. The molecule has 66 heavy (non-hydrogen) atoms. The number of alkyl halides is 1. The summed E-state index contributed by atoms with van der Waals surface area (Å²) in [7, 11) is 0. The molecule has 0 radical (unpaired) electrons. The van der Waals surface area contributed by atoms with Gasteiger partial charge in [-0.2, -0.15) is 0 Å². The molecule has 0 spiro atoms. The van der Waals surface area contributed by atoms with Crippen molar-refractivity contribution in [1.82, 2.24) is 16.0 Å². The maximum Gasteiger partial charge on any atom is 0.232 e. The number of hydrogen-bond acceptors (Lipinski definition) is 26. The Kier molecular flexibility index (Phi) is 20.1. The Hall–Kier alpha value is -2.03. The number of rotatable bonds is 17. The summed E-state index contributed by atoms with van der Waals surface area (Å²) in [5.74, 6) is -2.10. The van der Waals surface area contributed by atoms with Gasteiger partial charge in [0, 0.05) is 13.8 Å². The minimum absolute atomic E-state index is 0.205. The van der Waals surface area contributed by atoms with Crippen LogP contribution in [0.25, 0.3) is 0 Å². The molecule has 11 unspecified atom stereocenters. The molecule has 0 saturated carbocycles. The van der Waals surface area contributed by atoms with E-state index in [1.165, 1.54) is 0 Å². The van der Waals surface area contributed by atoms with Crippen molar-refractivity contribution >= 4 is 33.7 Å². The minimum atomic E-state index is -2.20. The number of amides is 3. The van der Waals surface area contributed by atoms with E-state index in [1.54, 1.807) is 0 Å². The van der Waals surface area contributed by atoms with Crippen LogP contribution >= 0.6 is 15.9 Å². The lowest BCUT2D eigenvalue weighted by Crippen LogP contribution is -2.71. The molecule has 29 nitrogen and oxygen atoms in total. The topological polar surface area (TPSA) is 454 Å². The van der Waals surface area contributed by atoms with Gasteiger partial charge in [0.1, 0.15) is 122 Å². The van der Waals surface area contributed by atoms with Gasteiger partial charge in [-0.3, -0.25) is 14.4 Å². The Labute approximate surface area is 383 Å². The molecule has 25 atom stereocenters. The van der Waals surface area contributed by atoms with Crippen molar-refractivity contribution in [3.63, 3.8) is 0 Å². The minimum Gasteiger partial charge on any atom is -0.394 e. The first-order valence-corrected chi connectivity index (χ1v) is 21.8. The molecular weight excluding hydrogens is 970 g/mol. The second kappa shape index (κ2) is 24.2. The summed E-state index contributed by atoms with van der Waals surface area (Å²) in [6, 6.07) is -3.11. The third-order valence-electron chi connectivity index (χ3n) is 11.6. The molecule has 3 amide bonds. The first kappa shape index (κ1) is 54.9. The van der Waals surface area contributed by atoms with Crippen molar-refractivity contribution in [3.8, 4) is 0 Å². The molecule has 5 fully saturated rings. The van der Waals surface area contributed by atoms with E-state index in [4.69, 9.17) is 42.6 Å². The second-order valence-electron chi connectivity index (χ2n) is 16.2. The van der Waals surface area contributed by atoms with Gasteiger partial charge in [0.2, 0.25) is 17.7 Å². The molecule has 0 aromatic heterocycles. The van der Waals surface area contributed by atoms with E-state index in [0.29, 0.717) is 0 Å². The summed E-state index contributed by atoms with van der Waals surface area (Å²) < 4.78 is 51.6. The third-order valence-corrected chi connectivity index (χ3v) is 12.1. The first-order valence-electron chi connectivity index (χ1n) is 20.7. The SMILES string of the molecule is CC(=O)N[C@@H]1C(O)[C@@H](O[C@@H]2OC(CO[C@@H]3OC(CO)[C@H](O)C(O)[C@H]3O)[C@H](O)C(O[C@@H]3OC(CO)[C@H](O)C(O)C3O)[C@H]2O)C(CO)O[C@H]1O[C@H]1C(CO)O[C@@H](NC(=O)CBr)[C@H](NC(C)=O)C1O. The molecule has 0 aromatic rings. The summed E-state index contributed by atoms with van der Waals surface area (Å²) in [5.41, 5.74) is 0. The van der Waals surface area contributed by atoms with Gasteiger partial charge in [-0.1, -0.05) is 15.9 Å². The van der Waals surface area contributed by atoms with Gasteiger partial charge in [0.05, 0.1) is 38.4 Å². The standard InChI is InChI=1S/C36H60BrN3O26/c1-9(45)38-17-22(51)29(13(6-43)59-32(17)40-16(47)3-37)64-33-18(39-10(2)46)23(52)30(14(7-44)62-33)65-36-28(57)31(66-35-27(56)25(54)20(49)12(5-42)61-35)21(50)15(63-36)8-58-34-26(55)24(53)19(48)11(4-41)60-34/h11-15,17-36,41-44,48-57H,3-8H2,1-2H3,(H,38,45)(H,39,46)(H,40,47)/t11?,12?,13?,14?,15?,17-,18-,19+,20+,21+,22?,23?,24?,25?,26-,27?,28-,29+,30+,31?,32-,33+,34-,35+,36+/m1/s1. The van der Waals surface area contributed by atoms with Gasteiger partial charge in [-0.25, -0.2) is 0 Å². The summed E-state index contributed by atoms with van der Waals surface area (Å²) in [5, 5.41) is 156. The molecule has 0 bridgehead atoms. The zero-order chi connectivity index (χ0) is 48.9. The van der Waals surface area contributed by atoms with Gasteiger partial charge < -0.3 is 130 Å². The van der Waals surface area contributed by atoms with Crippen molar-refractivity contribution in [2.24, 2.45) is 0 Å². The molecule has 5 saturated heterocycles. The molecule has 0 aliphatic carbocycles. The molecule has 0 aromatic carbocycles. The van der Waals surface area contributed by atoms with E-state index in [2.05, 4.69) is 31.9 Å². The molecule has 5 rings (SSSR count). The molecule has 17 N–H and O–H groups in total. The predicted octanol–water partition coefficient (Wildman–Crippen LogP) is -11.1. The monoisotopic (exact) mass is 1030 g/mol. The summed E-state index contributed by atoms with van der Waals surface area (Å²) in [4.78, 5) is 36.9. The number of hydrogen-bond donors (Lipinski definition) is 17. The predicted molar refractivity (Wildman–Crippen MR) is 209 cm³/mol. The van der Waals surface area contributed by atoms with Gasteiger partial charge >= 0.3 is 0 Å². The van der Waals surface area contributed by atoms with E-state index in [1.807, 2.05) is 0 Å². The van der Waals surface area contributed by atoms with Crippen molar-refractivity contribution < 1.29 is 129 Å². The number of carbonyl (C=O) groups excluding carboxylic acids is 3.